The Labute approximate surface area is 105 Å². The molecule has 1 heterocycles. The minimum atomic E-state index is -0.507. The number of nitrogens with zero attached hydrogens (tertiary/aromatic N) is 1. The highest BCUT2D eigenvalue weighted by Gasteiger charge is 2.32. The van der Waals surface area contributed by atoms with Crippen molar-refractivity contribution in [3.8, 4) is 0 Å². The van der Waals surface area contributed by atoms with Gasteiger partial charge in [-0.2, -0.15) is 0 Å². The molecule has 1 aliphatic heterocycles. The lowest BCUT2D eigenvalue weighted by atomic mass is 10.0. The molecule has 4 nitrogen and oxygen atoms in total. The van der Waals surface area contributed by atoms with E-state index < -0.39 is 11.4 Å². The summed E-state index contributed by atoms with van der Waals surface area (Å²) < 4.78 is 13.0. The molecule has 0 fully saturated rings. The van der Waals surface area contributed by atoms with Crippen molar-refractivity contribution in [3.05, 3.63) is 35.6 Å². The molecule has 0 saturated carbocycles. The summed E-state index contributed by atoms with van der Waals surface area (Å²) in [6.07, 6.45) is 0.677. The van der Waals surface area contributed by atoms with Crippen LogP contribution in [-0.4, -0.2) is 23.8 Å². The van der Waals surface area contributed by atoms with E-state index in [0.29, 0.717) is 18.5 Å². The third-order valence-electron chi connectivity index (χ3n) is 2.76. The first-order valence-corrected chi connectivity index (χ1v) is 5.74. The van der Waals surface area contributed by atoms with Crippen LogP contribution in [0.2, 0.25) is 0 Å². The molecule has 5 heteroatoms. The van der Waals surface area contributed by atoms with Gasteiger partial charge in [-0.15, -0.1) is 0 Å². The number of hydrogen-bond acceptors (Lipinski definition) is 3. The molecule has 1 atom stereocenters. The van der Waals surface area contributed by atoms with Crippen LogP contribution >= 0.6 is 0 Å². The van der Waals surface area contributed by atoms with E-state index in [0.717, 1.165) is 5.71 Å². The maximum Gasteiger partial charge on any atom is 0.251 e. The monoisotopic (exact) mass is 250 g/mol. The summed E-state index contributed by atoms with van der Waals surface area (Å²) in [6, 6.07) is 5.58. The summed E-state index contributed by atoms with van der Waals surface area (Å²) in [4.78, 5) is 17.1. The van der Waals surface area contributed by atoms with E-state index in [1.165, 1.54) is 18.2 Å². The van der Waals surface area contributed by atoms with Gasteiger partial charge in [-0.05, 0) is 32.0 Å². The van der Waals surface area contributed by atoms with Gasteiger partial charge in [0.1, 0.15) is 5.82 Å². The fraction of sp³-hybridized carbons (Fsp3) is 0.385. The first-order chi connectivity index (χ1) is 8.48. The van der Waals surface area contributed by atoms with Crippen molar-refractivity contribution < 1.29 is 14.0 Å². The fourth-order valence-corrected chi connectivity index (χ4v) is 1.89. The van der Waals surface area contributed by atoms with Crippen LogP contribution < -0.4 is 5.32 Å². The summed E-state index contributed by atoms with van der Waals surface area (Å²) in [5.74, 6) is -0.742. The number of carbonyl (C=O) groups excluding carboxylic acids is 1. The van der Waals surface area contributed by atoms with Crippen LogP contribution in [0.15, 0.2) is 29.4 Å². The number of oxime groups is 1. The zero-order chi connectivity index (χ0) is 13.2. The third kappa shape index (κ3) is 2.85. The van der Waals surface area contributed by atoms with Crippen LogP contribution in [0, 0.1) is 5.82 Å². The molecule has 1 aliphatic rings. The van der Waals surface area contributed by atoms with Crippen LogP contribution in [-0.2, 0) is 4.84 Å². The standard InChI is InChI=1S/C13H15FN2O2/c1-9-7-13(2,18-16-9)8-15-12(17)10-4-3-5-11(14)6-10/h3-6H,7-8H2,1-2H3,(H,15,17). The zero-order valence-electron chi connectivity index (χ0n) is 10.4. The predicted molar refractivity (Wildman–Crippen MR) is 65.9 cm³/mol. The van der Waals surface area contributed by atoms with E-state index in [1.54, 1.807) is 6.07 Å². The molecule has 1 N–H and O–H groups in total. The second kappa shape index (κ2) is 4.76. The Hall–Kier alpha value is -1.91. The van der Waals surface area contributed by atoms with Crippen molar-refractivity contribution in [2.45, 2.75) is 25.9 Å². The Balaban J connectivity index is 1.93. The number of halogens is 1. The van der Waals surface area contributed by atoms with Gasteiger partial charge in [0.2, 0.25) is 0 Å². The largest absolute Gasteiger partial charge is 0.387 e. The van der Waals surface area contributed by atoms with Gasteiger partial charge in [-0.25, -0.2) is 4.39 Å². The topological polar surface area (TPSA) is 50.7 Å². The highest BCUT2D eigenvalue weighted by atomic mass is 19.1. The minimum absolute atomic E-state index is 0.300. The molecule has 0 saturated heterocycles. The molecule has 0 radical (unpaired) electrons. The van der Waals surface area contributed by atoms with Gasteiger partial charge in [0.05, 0.1) is 12.3 Å². The van der Waals surface area contributed by atoms with Crippen molar-refractivity contribution >= 4 is 11.6 Å². The van der Waals surface area contributed by atoms with Gasteiger partial charge in [0, 0.05) is 12.0 Å². The number of benzene rings is 1. The fourth-order valence-electron chi connectivity index (χ4n) is 1.89. The normalized spacial score (nSPS) is 22.3. The maximum absolute atomic E-state index is 13.0. The molecule has 1 unspecified atom stereocenters. The van der Waals surface area contributed by atoms with Crippen LogP contribution in [0.4, 0.5) is 4.39 Å². The predicted octanol–water partition coefficient (Wildman–Crippen LogP) is 2.11. The summed E-state index contributed by atoms with van der Waals surface area (Å²) >= 11 is 0. The minimum Gasteiger partial charge on any atom is -0.387 e. The second-order valence-corrected chi connectivity index (χ2v) is 4.74. The number of rotatable bonds is 3. The van der Waals surface area contributed by atoms with Gasteiger partial charge in [0.15, 0.2) is 5.60 Å². The van der Waals surface area contributed by atoms with E-state index in [4.69, 9.17) is 4.84 Å². The molecular weight excluding hydrogens is 235 g/mol. The lowest BCUT2D eigenvalue weighted by Gasteiger charge is -2.21. The van der Waals surface area contributed by atoms with E-state index in [9.17, 15) is 9.18 Å². The molecule has 18 heavy (non-hydrogen) atoms. The highest BCUT2D eigenvalue weighted by Crippen LogP contribution is 2.22. The van der Waals surface area contributed by atoms with Gasteiger partial charge in [-0.3, -0.25) is 4.79 Å². The molecule has 2 rings (SSSR count). The summed E-state index contributed by atoms with van der Waals surface area (Å²) in [5, 5.41) is 6.58. The first kappa shape index (κ1) is 12.5. The maximum atomic E-state index is 13.0. The summed E-state index contributed by atoms with van der Waals surface area (Å²) in [7, 11) is 0. The van der Waals surface area contributed by atoms with Crippen LogP contribution in [0.25, 0.3) is 0 Å². The number of amides is 1. The Bertz CT molecular complexity index is 502. The summed E-state index contributed by atoms with van der Waals surface area (Å²) in [5.41, 5.74) is 0.694. The third-order valence-corrected chi connectivity index (χ3v) is 2.76. The smallest absolute Gasteiger partial charge is 0.251 e. The van der Waals surface area contributed by atoms with E-state index in [-0.39, 0.29) is 5.91 Å². The quantitative estimate of drug-likeness (QED) is 0.893. The Morgan fingerprint density at radius 2 is 2.39 bits per heavy atom. The van der Waals surface area contributed by atoms with Crippen molar-refractivity contribution in [2.75, 3.05) is 6.54 Å². The van der Waals surface area contributed by atoms with Crippen molar-refractivity contribution in [1.29, 1.82) is 0 Å². The SMILES string of the molecule is CC1=NOC(C)(CNC(=O)c2cccc(F)c2)C1. The van der Waals surface area contributed by atoms with Crippen LogP contribution in [0.5, 0.6) is 0 Å². The molecule has 1 amide bonds. The van der Waals surface area contributed by atoms with Crippen molar-refractivity contribution in [2.24, 2.45) is 5.16 Å². The molecule has 96 valence electrons. The number of nitrogens with one attached hydrogen (secondary N) is 1. The lowest BCUT2D eigenvalue weighted by Crippen LogP contribution is -2.40. The van der Waals surface area contributed by atoms with Gasteiger partial charge in [-0.1, -0.05) is 11.2 Å². The van der Waals surface area contributed by atoms with E-state index in [1.807, 2.05) is 13.8 Å². The highest BCUT2D eigenvalue weighted by molar-refractivity contribution is 5.94. The molecule has 1 aromatic carbocycles. The molecule has 0 aromatic heterocycles. The molecular formula is C13H15FN2O2. The molecule has 0 aliphatic carbocycles. The number of carbonyl (C=O) groups is 1. The van der Waals surface area contributed by atoms with Crippen molar-refractivity contribution in [3.63, 3.8) is 0 Å². The Morgan fingerprint density at radius 3 is 3.00 bits per heavy atom. The van der Waals surface area contributed by atoms with Gasteiger partial charge < -0.3 is 10.2 Å². The van der Waals surface area contributed by atoms with Crippen LogP contribution in [0.1, 0.15) is 30.6 Å². The lowest BCUT2D eigenvalue weighted by molar-refractivity contribution is -0.00181. The zero-order valence-corrected chi connectivity index (χ0v) is 10.4. The molecule has 0 spiro atoms. The number of hydrogen-bond donors (Lipinski definition) is 1. The molecule has 1 aromatic rings. The average Bonchev–Trinajstić information content (AvgIpc) is 2.67. The average molecular weight is 250 g/mol. The van der Waals surface area contributed by atoms with Gasteiger partial charge in [0.25, 0.3) is 5.91 Å². The Kier molecular flexibility index (Phi) is 3.32. The van der Waals surface area contributed by atoms with Crippen molar-refractivity contribution in [1.82, 2.24) is 5.32 Å². The second-order valence-electron chi connectivity index (χ2n) is 4.74. The Morgan fingerprint density at radius 1 is 1.61 bits per heavy atom. The first-order valence-electron chi connectivity index (χ1n) is 5.74. The van der Waals surface area contributed by atoms with E-state index >= 15 is 0 Å². The van der Waals surface area contributed by atoms with E-state index in [2.05, 4.69) is 10.5 Å². The molecule has 0 bridgehead atoms. The van der Waals surface area contributed by atoms with Gasteiger partial charge >= 0.3 is 0 Å². The summed E-state index contributed by atoms with van der Waals surface area (Å²) in [6.45, 7) is 4.09. The van der Waals surface area contributed by atoms with Crippen LogP contribution in [0.3, 0.4) is 0 Å².